The second-order valence-corrected chi connectivity index (χ2v) is 2.70. The summed E-state index contributed by atoms with van der Waals surface area (Å²) in [6, 6.07) is 8.31. The summed E-state index contributed by atoms with van der Waals surface area (Å²) in [5, 5.41) is 2.41. The predicted octanol–water partition coefficient (Wildman–Crippen LogP) is 0.994. The van der Waals surface area contributed by atoms with Crippen molar-refractivity contribution in [3.8, 4) is 0 Å². The third kappa shape index (κ3) is 1.38. The van der Waals surface area contributed by atoms with Gasteiger partial charge < -0.3 is 10.1 Å². The summed E-state index contributed by atoms with van der Waals surface area (Å²) >= 11 is 0. The average Bonchev–Trinajstić information content (AvgIpc) is 2.47. The van der Waals surface area contributed by atoms with Crippen molar-refractivity contribution in [3.05, 3.63) is 35.9 Å². The number of carbonyl (C=O) groups excluding carboxylic acids is 2. The number of hydrogen-bond acceptors (Lipinski definition) is 3. The topological polar surface area (TPSA) is 55.4 Å². The van der Waals surface area contributed by atoms with E-state index in [4.69, 9.17) is 0 Å². The average molecular weight is 177 g/mol. The first-order valence-electron chi connectivity index (χ1n) is 3.84. The van der Waals surface area contributed by atoms with Gasteiger partial charge in [0.15, 0.2) is 6.04 Å². The lowest BCUT2D eigenvalue weighted by Crippen LogP contribution is -2.19. The molecule has 1 N–H and O–H groups in total. The first kappa shape index (κ1) is 7.79. The number of amides is 1. The summed E-state index contributed by atoms with van der Waals surface area (Å²) in [7, 11) is 0. The molecule has 2 rings (SSSR count). The molecule has 1 atom stereocenters. The van der Waals surface area contributed by atoms with E-state index >= 15 is 0 Å². The van der Waals surface area contributed by atoms with E-state index in [-0.39, 0.29) is 0 Å². The van der Waals surface area contributed by atoms with Crippen molar-refractivity contribution in [1.29, 1.82) is 0 Å². The van der Waals surface area contributed by atoms with E-state index in [0.29, 0.717) is 0 Å². The predicted molar refractivity (Wildman–Crippen MR) is 43.8 cm³/mol. The van der Waals surface area contributed by atoms with Crippen molar-refractivity contribution >= 4 is 12.1 Å². The minimum absolute atomic E-state index is 0.545. The van der Waals surface area contributed by atoms with Gasteiger partial charge in [0, 0.05) is 0 Å². The van der Waals surface area contributed by atoms with Gasteiger partial charge in [-0.2, -0.15) is 0 Å². The summed E-state index contributed by atoms with van der Waals surface area (Å²) in [6.45, 7) is 0. The fourth-order valence-electron chi connectivity index (χ4n) is 1.22. The van der Waals surface area contributed by atoms with E-state index in [1.165, 1.54) is 0 Å². The number of nitrogens with one attached hydrogen (secondary N) is 1. The van der Waals surface area contributed by atoms with E-state index in [1.807, 2.05) is 6.07 Å². The number of ether oxygens (including phenoxy) is 1. The normalized spacial score (nSPS) is 21.1. The Hall–Kier alpha value is -1.84. The highest BCUT2D eigenvalue weighted by Gasteiger charge is 2.33. The van der Waals surface area contributed by atoms with Crippen molar-refractivity contribution in [3.63, 3.8) is 0 Å². The smallest absolute Gasteiger partial charge is 0.374 e. The van der Waals surface area contributed by atoms with Gasteiger partial charge in [-0.3, -0.25) is 0 Å². The van der Waals surface area contributed by atoms with Gasteiger partial charge in [-0.05, 0) is 5.56 Å². The molecule has 0 bridgehead atoms. The number of benzene rings is 1. The van der Waals surface area contributed by atoms with Gasteiger partial charge >= 0.3 is 12.1 Å². The number of alkyl carbamates (subject to hydrolysis) is 1. The van der Waals surface area contributed by atoms with Gasteiger partial charge in [0.05, 0.1) is 0 Å². The second-order valence-electron chi connectivity index (χ2n) is 2.70. The van der Waals surface area contributed by atoms with Crippen LogP contribution in [0.4, 0.5) is 4.79 Å². The second kappa shape index (κ2) is 2.90. The van der Waals surface area contributed by atoms with E-state index in [2.05, 4.69) is 10.1 Å². The Morgan fingerprint density at radius 2 is 1.85 bits per heavy atom. The van der Waals surface area contributed by atoms with Gasteiger partial charge in [-0.15, -0.1) is 0 Å². The van der Waals surface area contributed by atoms with Crippen LogP contribution in [0.3, 0.4) is 0 Å². The molecule has 1 aromatic carbocycles. The molecule has 0 unspecified atom stereocenters. The third-order valence-corrected chi connectivity index (χ3v) is 1.82. The Morgan fingerprint density at radius 1 is 1.15 bits per heavy atom. The van der Waals surface area contributed by atoms with Gasteiger partial charge in [-0.25, -0.2) is 9.59 Å². The Bertz CT molecular complexity index is 347. The number of carbonyl (C=O) groups is 2. The maximum absolute atomic E-state index is 11.1. The molecule has 1 aromatic rings. The summed E-state index contributed by atoms with van der Waals surface area (Å²) in [4.78, 5) is 21.8. The fourth-order valence-corrected chi connectivity index (χ4v) is 1.22. The number of esters is 1. The summed E-state index contributed by atoms with van der Waals surface area (Å²) in [5.41, 5.74) is 0.735. The lowest BCUT2D eigenvalue weighted by atomic mass is 10.1. The van der Waals surface area contributed by atoms with Crippen molar-refractivity contribution in [2.75, 3.05) is 0 Å². The highest BCUT2D eigenvalue weighted by atomic mass is 16.6. The molecular formula is C9H7NO3. The summed E-state index contributed by atoms with van der Waals surface area (Å²) in [5.74, 6) is -0.545. The zero-order valence-electron chi connectivity index (χ0n) is 6.69. The SMILES string of the molecule is O=C1N[C@@H](c2ccccc2)C(=O)O1. The molecule has 1 amide bonds. The Kier molecular flexibility index (Phi) is 1.73. The standard InChI is InChI=1S/C9H7NO3/c11-8-7(10-9(12)13-8)6-4-2-1-3-5-6/h1-5,7H,(H,10,12)/t7-/m0/s1. The van der Waals surface area contributed by atoms with E-state index in [9.17, 15) is 9.59 Å². The molecule has 1 fully saturated rings. The Balaban J connectivity index is 2.28. The third-order valence-electron chi connectivity index (χ3n) is 1.82. The first-order chi connectivity index (χ1) is 6.27. The molecule has 0 aliphatic carbocycles. The Morgan fingerprint density at radius 3 is 2.38 bits per heavy atom. The highest BCUT2D eigenvalue weighted by Crippen LogP contribution is 2.18. The molecule has 1 aliphatic rings. The highest BCUT2D eigenvalue weighted by molar-refractivity contribution is 5.96. The lowest BCUT2D eigenvalue weighted by Gasteiger charge is -2.03. The van der Waals surface area contributed by atoms with Crippen LogP contribution >= 0.6 is 0 Å². The molecule has 1 heterocycles. The monoisotopic (exact) mass is 177 g/mol. The van der Waals surface area contributed by atoms with E-state index in [0.717, 1.165) is 5.56 Å². The van der Waals surface area contributed by atoms with Gasteiger partial charge in [-0.1, -0.05) is 30.3 Å². The Labute approximate surface area is 74.5 Å². The molecule has 4 nitrogen and oxygen atoms in total. The summed E-state index contributed by atoms with van der Waals surface area (Å²) < 4.78 is 4.34. The van der Waals surface area contributed by atoms with Crippen LogP contribution in [-0.4, -0.2) is 12.1 Å². The lowest BCUT2D eigenvalue weighted by molar-refractivity contribution is -0.135. The maximum Gasteiger partial charge on any atom is 0.415 e. The van der Waals surface area contributed by atoms with Crippen molar-refractivity contribution in [2.45, 2.75) is 6.04 Å². The zero-order valence-corrected chi connectivity index (χ0v) is 6.69. The van der Waals surface area contributed by atoms with Gasteiger partial charge in [0.1, 0.15) is 0 Å². The molecule has 66 valence electrons. The van der Waals surface area contributed by atoms with Crippen LogP contribution in [0.5, 0.6) is 0 Å². The first-order valence-corrected chi connectivity index (χ1v) is 3.84. The maximum atomic E-state index is 11.1. The molecule has 13 heavy (non-hydrogen) atoms. The molecular weight excluding hydrogens is 170 g/mol. The van der Waals surface area contributed by atoms with E-state index < -0.39 is 18.1 Å². The van der Waals surface area contributed by atoms with E-state index in [1.54, 1.807) is 24.3 Å². The van der Waals surface area contributed by atoms with Crippen molar-refractivity contribution in [2.24, 2.45) is 0 Å². The molecule has 0 saturated carbocycles. The quantitative estimate of drug-likeness (QED) is 0.514. The van der Waals surface area contributed by atoms with Crippen LogP contribution in [0, 0.1) is 0 Å². The largest absolute Gasteiger partial charge is 0.415 e. The van der Waals surface area contributed by atoms with Crippen molar-refractivity contribution in [1.82, 2.24) is 5.32 Å². The van der Waals surface area contributed by atoms with Crippen LogP contribution in [0.15, 0.2) is 30.3 Å². The van der Waals surface area contributed by atoms with Gasteiger partial charge in [0.2, 0.25) is 0 Å². The fraction of sp³-hybridized carbons (Fsp3) is 0.111. The van der Waals surface area contributed by atoms with Crippen LogP contribution in [0.1, 0.15) is 11.6 Å². The molecule has 0 aromatic heterocycles. The van der Waals surface area contributed by atoms with Gasteiger partial charge in [0.25, 0.3) is 0 Å². The number of rotatable bonds is 1. The van der Waals surface area contributed by atoms with Crippen LogP contribution in [0.25, 0.3) is 0 Å². The van der Waals surface area contributed by atoms with Crippen LogP contribution < -0.4 is 5.32 Å². The number of cyclic esters (lactones) is 2. The molecule has 1 aliphatic heterocycles. The molecule has 0 radical (unpaired) electrons. The summed E-state index contributed by atoms with van der Waals surface area (Å²) in [6.07, 6.45) is -0.682. The number of hydrogen-bond donors (Lipinski definition) is 1. The molecule has 4 heteroatoms. The van der Waals surface area contributed by atoms with Crippen LogP contribution in [-0.2, 0) is 9.53 Å². The molecule has 0 spiro atoms. The van der Waals surface area contributed by atoms with Crippen molar-refractivity contribution < 1.29 is 14.3 Å². The molecule has 1 saturated heterocycles. The zero-order chi connectivity index (χ0) is 9.26. The minimum Gasteiger partial charge on any atom is -0.374 e. The minimum atomic E-state index is -0.682. The van der Waals surface area contributed by atoms with Crippen LogP contribution in [0.2, 0.25) is 0 Å².